The van der Waals surface area contributed by atoms with Crippen molar-refractivity contribution in [1.29, 1.82) is 0 Å². The number of esters is 1. The summed E-state index contributed by atoms with van der Waals surface area (Å²) >= 11 is 0. The van der Waals surface area contributed by atoms with E-state index in [9.17, 15) is 26.7 Å². The first-order valence-electron chi connectivity index (χ1n) is 7.08. The van der Waals surface area contributed by atoms with Crippen LogP contribution in [0.5, 0.6) is 0 Å². The summed E-state index contributed by atoms with van der Waals surface area (Å²) in [6.45, 7) is -0.292. The van der Waals surface area contributed by atoms with Crippen LogP contribution in [0, 0.1) is 29.1 Å². The SMILES string of the molecule is CO[Si](CCCCOC(=O)c1c(F)c(F)c(F)c(F)c1F)(OC)OC. The molecule has 0 aliphatic rings. The highest BCUT2D eigenvalue weighted by atomic mass is 28.4. The smallest absolute Gasteiger partial charge is 0.462 e. The number of hydrogen-bond acceptors (Lipinski definition) is 5. The molecule has 0 amide bonds. The minimum absolute atomic E-state index is 0.242. The van der Waals surface area contributed by atoms with Crippen LogP contribution in [0.25, 0.3) is 0 Å². The maximum absolute atomic E-state index is 13.5. The maximum atomic E-state index is 13.5. The van der Waals surface area contributed by atoms with Gasteiger partial charge < -0.3 is 18.0 Å². The lowest BCUT2D eigenvalue weighted by Gasteiger charge is -2.24. The second-order valence-electron chi connectivity index (χ2n) is 4.83. The average molecular weight is 388 g/mol. The highest BCUT2D eigenvalue weighted by Crippen LogP contribution is 2.24. The van der Waals surface area contributed by atoms with Gasteiger partial charge in [0.15, 0.2) is 23.3 Å². The molecule has 0 aromatic heterocycles. The maximum Gasteiger partial charge on any atom is 0.500 e. The van der Waals surface area contributed by atoms with Gasteiger partial charge in [-0.05, 0) is 12.8 Å². The first-order chi connectivity index (χ1) is 11.7. The van der Waals surface area contributed by atoms with E-state index in [1.54, 1.807) is 0 Å². The van der Waals surface area contributed by atoms with E-state index >= 15 is 0 Å². The highest BCUT2D eigenvalue weighted by Gasteiger charge is 2.37. The van der Waals surface area contributed by atoms with Gasteiger partial charge in [-0.1, -0.05) is 0 Å². The third-order valence-corrected chi connectivity index (χ3v) is 6.29. The number of hydrogen-bond donors (Lipinski definition) is 0. The zero-order chi connectivity index (χ0) is 19.2. The van der Waals surface area contributed by atoms with Crippen molar-refractivity contribution in [2.24, 2.45) is 0 Å². The molecular formula is C14H17F5O5Si. The summed E-state index contributed by atoms with van der Waals surface area (Å²) in [6, 6.07) is 0.385. The molecule has 1 rings (SSSR count). The topological polar surface area (TPSA) is 54.0 Å². The van der Waals surface area contributed by atoms with Crippen molar-refractivity contribution in [1.82, 2.24) is 0 Å². The summed E-state index contributed by atoms with van der Waals surface area (Å²) in [5.41, 5.74) is -1.62. The third-order valence-electron chi connectivity index (χ3n) is 3.46. The van der Waals surface area contributed by atoms with Crippen molar-refractivity contribution in [3.63, 3.8) is 0 Å². The summed E-state index contributed by atoms with van der Waals surface area (Å²) in [5.74, 6) is -12.9. The molecule has 0 bridgehead atoms. The Hall–Kier alpha value is -1.56. The minimum atomic E-state index is -2.80. The number of carbonyl (C=O) groups excluding carboxylic acids is 1. The summed E-state index contributed by atoms with van der Waals surface area (Å²) in [4.78, 5) is 11.6. The normalized spacial score (nSPS) is 11.7. The first kappa shape index (κ1) is 21.5. The Balaban J connectivity index is 2.65. The molecule has 0 aliphatic carbocycles. The standard InChI is InChI=1S/C14H17F5O5Si/c1-21-25(22-2,23-3)7-5-4-6-24-14(20)8-9(15)11(17)13(19)12(18)10(8)16/h4-7H2,1-3H3. The molecule has 1 aromatic rings. The predicted octanol–water partition coefficient (Wildman–Crippen LogP) is 3.20. The fraction of sp³-hybridized carbons (Fsp3) is 0.500. The van der Waals surface area contributed by atoms with Crippen LogP contribution in [0.1, 0.15) is 23.2 Å². The molecule has 0 saturated carbocycles. The molecule has 0 aliphatic heterocycles. The Morgan fingerprint density at radius 3 is 1.68 bits per heavy atom. The largest absolute Gasteiger partial charge is 0.500 e. The monoisotopic (exact) mass is 388 g/mol. The third kappa shape index (κ3) is 4.75. The molecule has 0 fully saturated rings. The van der Waals surface area contributed by atoms with Crippen molar-refractivity contribution in [2.45, 2.75) is 18.9 Å². The van der Waals surface area contributed by atoms with Crippen molar-refractivity contribution < 1.29 is 44.8 Å². The van der Waals surface area contributed by atoms with Crippen LogP contribution in [-0.4, -0.2) is 42.7 Å². The molecule has 0 radical (unpaired) electrons. The fourth-order valence-electron chi connectivity index (χ4n) is 2.02. The van der Waals surface area contributed by atoms with E-state index < -0.39 is 49.4 Å². The predicted molar refractivity (Wildman–Crippen MR) is 77.3 cm³/mol. The minimum Gasteiger partial charge on any atom is -0.462 e. The van der Waals surface area contributed by atoms with Gasteiger partial charge in [0.05, 0.1) is 6.61 Å². The number of unbranched alkanes of at least 4 members (excludes halogenated alkanes) is 1. The lowest BCUT2D eigenvalue weighted by atomic mass is 10.1. The number of halogens is 5. The Kier molecular flexibility index (Phi) is 7.92. The molecule has 0 atom stereocenters. The van der Waals surface area contributed by atoms with Gasteiger partial charge in [0.2, 0.25) is 5.82 Å². The summed E-state index contributed by atoms with van der Waals surface area (Å²) in [6.07, 6.45) is 0.665. The van der Waals surface area contributed by atoms with E-state index in [1.165, 1.54) is 21.3 Å². The van der Waals surface area contributed by atoms with E-state index in [4.69, 9.17) is 13.3 Å². The van der Waals surface area contributed by atoms with Gasteiger partial charge in [-0.2, -0.15) is 0 Å². The highest BCUT2D eigenvalue weighted by molar-refractivity contribution is 6.60. The molecule has 25 heavy (non-hydrogen) atoms. The zero-order valence-electron chi connectivity index (χ0n) is 13.8. The number of rotatable bonds is 9. The van der Waals surface area contributed by atoms with Crippen LogP contribution in [0.2, 0.25) is 6.04 Å². The lowest BCUT2D eigenvalue weighted by Crippen LogP contribution is -2.42. The van der Waals surface area contributed by atoms with Crippen molar-refractivity contribution >= 4 is 14.8 Å². The van der Waals surface area contributed by atoms with Crippen molar-refractivity contribution in [3.8, 4) is 0 Å². The molecule has 0 spiro atoms. The number of ether oxygens (including phenoxy) is 1. The Bertz CT molecular complexity index is 587. The van der Waals surface area contributed by atoms with Gasteiger partial charge in [-0.25, -0.2) is 26.7 Å². The van der Waals surface area contributed by atoms with E-state index in [0.717, 1.165) is 0 Å². The molecule has 1 aromatic carbocycles. The quantitative estimate of drug-likeness (QED) is 0.162. The molecule has 0 heterocycles. The van der Waals surface area contributed by atoms with Gasteiger partial charge in [-0.3, -0.25) is 0 Å². The second-order valence-corrected chi connectivity index (χ2v) is 7.92. The van der Waals surface area contributed by atoms with Gasteiger partial charge in [0, 0.05) is 27.4 Å². The number of benzene rings is 1. The summed E-state index contributed by atoms with van der Waals surface area (Å²) < 4.78 is 86.0. The Morgan fingerprint density at radius 1 is 0.800 bits per heavy atom. The molecule has 0 saturated heterocycles. The van der Waals surface area contributed by atoms with Gasteiger partial charge in [0.25, 0.3) is 0 Å². The molecule has 142 valence electrons. The molecule has 0 unspecified atom stereocenters. The van der Waals surface area contributed by atoms with Crippen LogP contribution in [0.15, 0.2) is 0 Å². The van der Waals surface area contributed by atoms with Crippen LogP contribution in [0.3, 0.4) is 0 Å². The van der Waals surface area contributed by atoms with Gasteiger partial charge in [-0.15, -0.1) is 0 Å². The summed E-state index contributed by atoms with van der Waals surface area (Å²) in [5, 5.41) is 0. The molecule has 11 heteroatoms. The summed E-state index contributed by atoms with van der Waals surface area (Å²) in [7, 11) is 1.46. The fourth-order valence-corrected chi connectivity index (χ4v) is 3.82. The van der Waals surface area contributed by atoms with Crippen LogP contribution >= 0.6 is 0 Å². The van der Waals surface area contributed by atoms with Crippen LogP contribution in [0.4, 0.5) is 22.0 Å². The van der Waals surface area contributed by atoms with Crippen molar-refractivity contribution in [2.75, 3.05) is 27.9 Å². The van der Waals surface area contributed by atoms with E-state index in [-0.39, 0.29) is 13.0 Å². The average Bonchev–Trinajstić information content (AvgIpc) is 2.62. The van der Waals surface area contributed by atoms with Gasteiger partial charge >= 0.3 is 14.8 Å². The van der Waals surface area contributed by atoms with E-state index in [2.05, 4.69) is 4.74 Å². The zero-order valence-corrected chi connectivity index (χ0v) is 14.8. The molecular weight excluding hydrogens is 371 g/mol. The van der Waals surface area contributed by atoms with Crippen LogP contribution < -0.4 is 0 Å². The van der Waals surface area contributed by atoms with E-state index in [1.807, 2.05) is 0 Å². The van der Waals surface area contributed by atoms with Crippen LogP contribution in [-0.2, 0) is 18.0 Å². The Morgan fingerprint density at radius 2 is 1.24 bits per heavy atom. The lowest BCUT2D eigenvalue weighted by molar-refractivity contribution is 0.0483. The molecule has 0 N–H and O–H groups in total. The van der Waals surface area contributed by atoms with Gasteiger partial charge in [0.1, 0.15) is 5.56 Å². The first-order valence-corrected chi connectivity index (χ1v) is 9.01. The number of carbonyl (C=O) groups is 1. The molecule has 5 nitrogen and oxygen atoms in total. The van der Waals surface area contributed by atoms with E-state index in [0.29, 0.717) is 12.5 Å². The Labute approximate surface area is 142 Å². The van der Waals surface area contributed by atoms with Crippen molar-refractivity contribution in [3.05, 3.63) is 34.6 Å². The second kappa shape index (κ2) is 9.22.